The lowest BCUT2D eigenvalue weighted by atomic mass is 10.2. The van der Waals surface area contributed by atoms with E-state index in [0.717, 1.165) is 17.1 Å². The molecule has 0 amide bonds. The van der Waals surface area contributed by atoms with Crippen LogP contribution in [0.25, 0.3) is 0 Å². The number of hydrogen-bond donors (Lipinski definition) is 1. The van der Waals surface area contributed by atoms with Gasteiger partial charge in [-0.25, -0.2) is 4.79 Å². The zero-order valence-corrected chi connectivity index (χ0v) is 11.5. The van der Waals surface area contributed by atoms with Crippen LogP contribution in [-0.2, 0) is 17.8 Å². The number of nitrogens with one attached hydrogen (secondary N) is 1. The van der Waals surface area contributed by atoms with E-state index in [0.29, 0.717) is 24.4 Å². The van der Waals surface area contributed by atoms with Crippen LogP contribution in [0.2, 0.25) is 0 Å². The van der Waals surface area contributed by atoms with E-state index in [2.05, 4.69) is 10.1 Å². The molecule has 6 nitrogen and oxygen atoms in total. The van der Waals surface area contributed by atoms with Crippen LogP contribution in [0.5, 0.6) is 11.5 Å². The van der Waals surface area contributed by atoms with E-state index in [1.807, 2.05) is 18.2 Å². The van der Waals surface area contributed by atoms with Crippen molar-refractivity contribution in [3.05, 3.63) is 47.4 Å². The van der Waals surface area contributed by atoms with Gasteiger partial charge in [-0.3, -0.25) is 0 Å². The molecule has 3 rings (SSSR count). The number of hydrogen-bond acceptors (Lipinski definition) is 6. The van der Waals surface area contributed by atoms with Gasteiger partial charge in [0.1, 0.15) is 12.0 Å². The maximum atomic E-state index is 11.3. The summed E-state index contributed by atoms with van der Waals surface area (Å²) in [5, 5.41) is 3.24. The summed E-state index contributed by atoms with van der Waals surface area (Å²) in [4.78, 5) is 11.3. The molecule has 1 aromatic heterocycles. The summed E-state index contributed by atoms with van der Waals surface area (Å²) in [6.45, 7) is 1.45. The van der Waals surface area contributed by atoms with Gasteiger partial charge in [0.05, 0.1) is 19.2 Å². The smallest absolute Gasteiger partial charge is 0.341 e. The third-order valence-electron chi connectivity index (χ3n) is 3.14. The number of furan rings is 1. The molecule has 1 aliphatic rings. The Kier molecular flexibility index (Phi) is 3.79. The van der Waals surface area contributed by atoms with E-state index in [9.17, 15) is 4.79 Å². The third kappa shape index (κ3) is 3.00. The van der Waals surface area contributed by atoms with Crippen LogP contribution in [0.1, 0.15) is 21.7 Å². The molecule has 0 radical (unpaired) electrons. The predicted octanol–water partition coefficient (Wildman–Crippen LogP) is 2.08. The molecule has 2 aromatic rings. The Hall–Kier alpha value is -2.47. The van der Waals surface area contributed by atoms with E-state index in [-0.39, 0.29) is 6.79 Å². The topological polar surface area (TPSA) is 69.9 Å². The minimum Gasteiger partial charge on any atom is -0.467 e. The largest absolute Gasteiger partial charge is 0.467 e. The zero-order valence-electron chi connectivity index (χ0n) is 11.5. The molecule has 2 heterocycles. The van der Waals surface area contributed by atoms with Crippen LogP contribution in [0.15, 0.2) is 34.9 Å². The minimum absolute atomic E-state index is 0.273. The fraction of sp³-hybridized carbons (Fsp3) is 0.267. The monoisotopic (exact) mass is 289 g/mol. The molecule has 1 aliphatic heterocycles. The van der Waals surface area contributed by atoms with Crippen molar-refractivity contribution < 1.29 is 23.4 Å². The van der Waals surface area contributed by atoms with Crippen LogP contribution in [0.3, 0.4) is 0 Å². The molecule has 21 heavy (non-hydrogen) atoms. The summed E-state index contributed by atoms with van der Waals surface area (Å²) in [7, 11) is 1.34. The van der Waals surface area contributed by atoms with Crippen LogP contribution in [0.4, 0.5) is 0 Å². The summed E-state index contributed by atoms with van der Waals surface area (Å²) in [6, 6.07) is 7.47. The van der Waals surface area contributed by atoms with Gasteiger partial charge in [0.2, 0.25) is 6.79 Å². The highest BCUT2D eigenvalue weighted by Gasteiger charge is 2.13. The quantitative estimate of drug-likeness (QED) is 0.850. The Morgan fingerprint density at radius 1 is 1.24 bits per heavy atom. The van der Waals surface area contributed by atoms with Gasteiger partial charge in [-0.05, 0) is 23.8 Å². The molecule has 0 atom stereocenters. The minimum atomic E-state index is -0.402. The van der Waals surface area contributed by atoms with Gasteiger partial charge in [0, 0.05) is 6.54 Å². The molecular weight excluding hydrogens is 274 g/mol. The van der Waals surface area contributed by atoms with Crippen molar-refractivity contribution >= 4 is 5.97 Å². The lowest BCUT2D eigenvalue weighted by Crippen LogP contribution is -2.12. The molecule has 0 spiro atoms. The maximum Gasteiger partial charge on any atom is 0.341 e. The van der Waals surface area contributed by atoms with Gasteiger partial charge in [0.15, 0.2) is 11.5 Å². The number of carbonyl (C=O) groups excluding carboxylic acids is 1. The Morgan fingerprint density at radius 2 is 2.10 bits per heavy atom. The second-order valence-corrected chi connectivity index (χ2v) is 4.58. The van der Waals surface area contributed by atoms with Gasteiger partial charge in [-0.1, -0.05) is 6.07 Å². The SMILES string of the molecule is COC(=O)c1coc(CNCc2ccc3c(c2)OCO3)c1. The van der Waals surface area contributed by atoms with E-state index < -0.39 is 5.97 Å². The lowest BCUT2D eigenvalue weighted by molar-refractivity contribution is 0.0600. The molecule has 0 unspecified atom stereocenters. The van der Waals surface area contributed by atoms with Crippen LogP contribution in [-0.4, -0.2) is 19.9 Å². The molecule has 0 bridgehead atoms. The average molecular weight is 289 g/mol. The van der Waals surface area contributed by atoms with Crippen LogP contribution < -0.4 is 14.8 Å². The number of carbonyl (C=O) groups is 1. The molecule has 110 valence electrons. The normalized spacial score (nSPS) is 12.4. The number of esters is 1. The Bertz CT molecular complexity index is 649. The second-order valence-electron chi connectivity index (χ2n) is 4.58. The van der Waals surface area contributed by atoms with E-state index in [1.165, 1.54) is 13.4 Å². The average Bonchev–Trinajstić information content (AvgIpc) is 3.14. The first-order valence-corrected chi connectivity index (χ1v) is 6.51. The number of methoxy groups -OCH3 is 1. The maximum absolute atomic E-state index is 11.3. The molecule has 0 aliphatic carbocycles. The summed E-state index contributed by atoms with van der Waals surface area (Å²) < 4.78 is 20.5. The van der Waals surface area contributed by atoms with Gasteiger partial charge in [0.25, 0.3) is 0 Å². The highest BCUT2D eigenvalue weighted by Crippen LogP contribution is 2.32. The Balaban J connectivity index is 1.54. The first-order valence-electron chi connectivity index (χ1n) is 6.51. The van der Waals surface area contributed by atoms with Crippen molar-refractivity contribution in [3.63, 3.8) is 0 Å². The molecule has 1 aromatic carbocycles. The van der Waals surface area contributed by atoms with Crippen molar-refractivity contribution in [2.75, 3.05) is 13.9 Å². The zero-order chi connectivity index (χ0) is 14.7. The summed E-state index contributed by atoms with van der Waals surface area (Å²) in [6.07, 6.45) is 1.39. The first kappa shape index (κ1) is 13.5. The summed E-state index contributed by atoms with van der Waals surface area (Å²) >= 11 is 0. The second kappa shape index (κ2) is 5.88. The third-order valence-corrected chi connectivity index (χ3v) is 3.14. The molecule has 6 heteroatoms. The highest BCUT2D eigenvalue weighted by atomic mass is 16.7. The van der Waals surface area contributed by atoms with Crippen molar-refractivity contribution in [2.45, 2.75) is 13.1 Å². The summed E-state index contributed by atoms with van der Waals surface area (Å²) in [5.74, 6) is 1.81. The lowest BCUT2D eigenvalue weighted by Gasteiger charge is -2.04. The number of rotatable bonds is 5. The molecular formula is C15H15NO5. The van der Waals surface area contributed by atoms with Crippen LogP contribution >= 0.6 is 0 Å². The summed E-state index contributed by atoms with van der Waals surface area (Å²) in [5.41, 5.74) is 1.50. The molecule has 1 N–H and O–H groups in total. The number of fused-ring (bicyclic) bond motifs is 1. The fourth-order valence-electron chi connectivity index (χ4n) is 2.08. The van der Waals surface area contributed by atoms with Crippen molar-refractivity contribution in [2.24, 2.45) is 0 Å². The Labute approximate surface area is 121 Å². The van der Waals surface area contributed by atoms with E-state index >= 15 is 0 Å². The number of benzene rings is 1. The molecule has 0 saturated carbocycles. The van der Waals surface area contributed by atoms with Gasteiger partial charge < -0.3 is 23.9 Å². The highest BCUT2D eigenvalue weighted by molar-refractivity contribution is 5.88. The Morgan fingerprint density at radius 3 is 2.95 bits per heavy atom. The van der Waals surface area contributed by atoms with Crippen LogP contribution in [0, 0.1) is 0 Å². The fourth-order valence-corrected chi connectivity index (χ4v) is 2.08. The standard InChI is InChI=1S/C15H15NO5/c1-18-15(17)11-5-12(19-8-11)7-16-6-10-2-3-13-14(4-10)21-9-20-13/h2-5,8,16H,6-7,9H2,1H3. The van der Waals surface area contributed by atoms with Crippen molar-refractivity contribution in [1.82, 2.24) is 5.32 Å². The van der Waals surface area contributed by atoms with Crippen molar-refractivity contribution in [3.8, 4) is 11.5 Å². The predicted molar refractivity (Wildman–Crippen MR) is 73.2 cm³/mol. The van der Waals surface area contributed by atoms with E-state index in [1.54, 1.807) is 6.07 Å². The van der Waals surface area contributed by atoms with Gasteiger partial charge >= 0.3 is 5.97 Å². The van der Waals surface area contributed by atoms with E-state index in [4.69, 9.17) is 13.9 Å². The number of ether oxygens (including phenoxy) is 3. The van der Waals surface area contributed by atoms with Crippen molar-refractivity contribution in [1.29, 1.82) is 0 Å². The van der Waals surface area contributed by atoms with Gasteiger partial charge in [-0.15, -0.1) is 0 Å². The molecule has 0 fully saturated rings. The molecule has 0 saturated heterocycles. The first-order chi connectivity index (χ1) is 10.3. The van der Waals surface area contributed by atoms with Gasteiger partial charge in [-0.2, -0.15) is 0 Å².